The quantitative estimate of drug-likeness (QED) is 0.386. The Morgan fingerprint density at radius 3 is 2.50 bits per heavy atom. The van der Waals surface area contributed by atoms with Gasteiger partial charge in [0.2, 0.25) is 0 Å². The molecule has 1 aliphatic heterocycles. The van der Waals surface area contributed by atoms with Gasteiger partial charge in [-0.15, -0.1) is 0 Å². The molecule has 4 atom stereocenters. The number of nitrogens with zero attached hydrogens (tertiary/aromatic N) is 1. The van der Waals surface area contributed by atoms with Gasteiger partial charge in [-0.25, -0.2) is 9.78 Å². The molecule has 4 rings (SSSR count). The lowest BCUT2D eigenvalue weighted by molar-refractivity contribution is -0.177. The van der Waals surface area contributed by atoms with Gasteiger partial charge in [0.15, 0.2) is 29.3 Å². The molecule has 1 aliphatic carbocycles. The smallest absolute Gasteiger partial charge is 0.332 e. The van der Waals surface area contributed by atoms with Gasteiger partial charge in [0, 0.05) is 12.3 Å². The number of ether oxygens (including phenoxy) is 4. The number of hydrogen-bond donors (Lipinski definition) is 2. The topological polar surface area (TPSA) is 150 Å². The van der Waals surface area contributed by atoms with E-state index in [4.69, 9.17) is 18.9 Å². The Bertz CT molecular complexity index is 1210. The van der Waals surface area contributed by atoms with Gasteiger partial charge in [-0.1, -0.05) is 49.6 Å². The van der Waals surface area contributed by atoms with Crippen LogP contribution >= 0.6 is 0 Å². The molecule has 40 heavy (non-hydrogen) atoms. The molecule has 2 aromatic rings. The first kappa shape index (κ1) is 28.8. The first-order valence-corrected chi connectivity index (χ1v) is 13.4. The average molecular weight is 555 g/mol. The molecule has 2 N–H and O–H groups in total. The molecule has 1 amide bonds. The van der Waals surface area contributed by atoms with Crippen molar-refractivity contribution in [1.82, 2.24) is 10.3 Å². The van der Waals surface area contributed by atoms with E-state index >= 15 is 0 Å². The minimum Gasteiger partial charge on any atom is -0.503 e. The largest absolute Gasteiger partial charge is 0.503 e. The second-order valence-electron chi connectivity index (χ2n) is 10.0. The summed E-state index contributed by atoms with van der Waals surface area (Å²) in [4.78, 5) is 56.4. The molecule has 1 aromatic heterocycles. The number of rotatable bonds is 7. The third-order valence-electron chi connectivity index (χ3n) is 7.26. The highest BCUT2D eigenvalue weighted by Crippen LogP contribution is 2.30. The third-order valence-corrected chi connectivity index (χ3v) is 7.26. The van der Waals surface area contributed by atoms with Crippen LogP contribution in [-0.4, -0.2) is 65.9 Å². The van der Waals surface area contributed by atoms with E-state index in [1.165, 1.54) is 19.4 Å². The molecule has 11 nitrogen and oxygen atoms in total. The van der Waals surface area contributed by atoms with Gasteiger partial charge in [-0.3, -0.25) is 14.4 Å². The van der Waals surface area contributed by atoms with Crippen molar-refractivity contribution in [3.63, 3.8) is 0 Å². The fraction of sp³-hybridized carbons (Fsp3) is 0.483. The lowest BCUT2D eigenvalue weighted by Gasteiger charge is -2.31. The first-order chi connectivity index (χ1) is 19.3. The summed E-state index contributed by atoms with van der Waals surface area (Å²) in [5.41, 5.74) is 0.429. The molecule has 0 radical (unpaired) electrons. The highest BCUT2D eigenvalue weighted by Gasteiger charge is 2.43. The predicted molar refractivity (Wildman–Crippen MR) is 140 cm³/mol. The maximum absolute atomic E-state index is 13.4. The molecule has 214 valence electrons. The Balaban J connectivity index is 1.57. The fourth-order valence-corrected chi connectivity index (χ4v) is 5.04. The number of cyclic esters (lactones) is 2. The van der Waals surface area contributed by atoms with Gasteiger partial charge in [-0.2, -0.15) is 0 Å². The van der Waals surface area contributed by atoms with Crippen LogP contribution in [-0.2, 0) is 35.0 Å². The molecular weight excluding hydrogens is 520 g/mol. The van der Waals surface area contributed by atoms with Crippen molar-refractivity contribution in [2.24, 2.45) is 11.8 Å². The van der Waals surface area contributed by atoms with Crippen LogP contribution in [0, 0.1) is 11.8 Å². The molecule has 1 saturated heterocycles. The van der Waals surface area contributed by atoms with E-state index in [1.807, 2.05) is 30.3 Å². The molecule has 11 heteroatoms. The van der Waals surface area contributed by atoms with Crippen LogP contribution < -0.4 is 10.1 Å². The molecule has 2 heterocycles. The Morgan fingerprint density at radius 1 is 1.07 bits per heavy atom. The van der Waals surface area contributed by atoms with Crippen molar-refractivity contribution >= 4 is 23.8 Å². The van der Waals surface area contributed by atoms with Crippen LogP contribution in [0.2, 0.25) is 0 Å². The summed E-state index contributed by atoms with van der Waals surface area (Å²) >= 11 is 0. The molecule has 0 spiro atoms. The Morgan fingerprint density at radius 2 is 1.80 bits per heavy atom. The van der Waals surface area contributed by atoms with Crippen LogP contribution in [0.25, 0.3) is 0 Å². The minimum atomic E-state index is -1.41. The zero-order chi connectivity index (χ0) is 28.6. The maximum Gasteiger partial charge on any atom is 0.332 e. The van der Waals surface area contributed by atoms with Crippen molar-refractivity contribution in [2.75, 3.05) is 13.7 Å². The van der Waals surface area contributed by atoms with E-state index in [1.54, 1.807) is 6.92 Å². The Hall–Kier alpha value is -4.15. The summed E-state index contributed by atoms with van der Waals surface area (Å²) in [6.07, 6.45) is 3.61. The van der Waals surface area contributed by atoms with Gasteiger partial charge in [0.05, 0.1) is 13.0 Å². The molecule has 2 aliphatic rings. The molecule has 2 unspecified atom stereocenters. The number of hydrogen-bond acceptors (Lipinski definition) is 10. The summed E-state index contributed by atoms with van der Waals surface area (Å²) < 4.78 is 22.0. The lowest BCUT2D eigenvalue weighted by Crippen LogP contribution is -2.47. The van der Waals surface area contributed by atoms with E-state index in [-0.39, 0.29) is 23.8 Å². The van der Waals surface area contributed by atoms with Crippen molar-refractivity contribution in [3.05, 3.63) is 53.9 Å². The normalized spacial score (nSPS) is 23.9. The lowest BCUT2D eigenvalue weighted by atomic mass is 9.88. The Kier molecular flexibility index (Phi) is 9.57. The predicted octanol–water partition coefficient (Wildman–Crippen LogP) is 2.73. The fourth-order valence-electron chi connectivity index (χ4n) is 5.04. The molecule has 1 aromatic carbocycles. The standard InChI is InChI=1S/C29H34N2O9/c1-17-25(40-27(34)19-11-7-4-8-12-19)20(15-18-9-5-3-6-10-18)28(35)38-16-21(29(36)39-17)31-26(33)23-24(32)22(37-2)13-14-30-23/h3,5-6,9-10,13-14,17,19-21,25,32H,4,7-8,11-12,15-16H2,1-2H3,(H,31,33)/t17-,20+,21?,25?/m0/s1. The van der Waals surface area contributed by atoms with Crippen LogP contribution in [0.15, 0.2) is 42.6 Å². The van der Waals surface area contributed by atoms with Crippen LogP contribution in [0.5, 0.6) is 11.5 Å². The minimum absolute atomic E-state index is 0.0172. The van der Waals surface area contributed by atoms with Crippen LogP contribution in [0.3, 0.4) is 0 Å². The highest BCUT2D eigenvalue weighted by molar-refractivity contribution is 5.98. The number of carbonyl (C=O) groups excluding carboxylic acids is 4. The summed E-state index contributed by atoms with van der Waals surface area (Å²) in [6, 6.07) is 9.15. The first-order valence-electron chi connectivity index (χ1n) is 13.4. The number of methoxy groups -OCH3 is 1. The van der Waals surface area contributed by atoms with Crippen LogP contribution in [0.4, 0.5) is 0 Å². The number of amides is 1. The monoisotopic (exact) mass is 554 g/mol. The van der Waals surface area contributed by atoms with E-state index in [9.17, 15) is 24.3 Å². The number of carbonyl (C=O) groups is 4. The van der Waals surface area contributed by atoms with Crippen molar-refractivity contribution in [1.29, 1.82) is 0 Å². The summed E-state index contributed by atoms with van der Waals surface area (Å²) in [7, 11) is 1.32. The molecule has 2 fully saturated rings. The summed E-state index contributed by atoms with van der Waals surface area (Å²) in [5.74, 6) is -4.66. The van der Waals surface area contributed by atoms with Gasteiger partial charge in [0.1, 0.15) is 18.6 Å². The highest BCUT2D eigenvalue weighted by atomic mass is 16.6. The molecule has 1 saturated carbocycles. The zero-order valence-corrected chi connectivity index (χ0v) is 22.5. The second-order valence-corrected chi connectivity index (χ2v) is 10.0. The van der Waals surface area contributed by atoms with E-state index in [2.05, 4.69) is 10.3 Å². The molecule has 0 bridgehead atoms. The summed E-state index contributed by atoms with van der Waals surface area (Å²) in [5, 5.41) is 12.7. The summed E-state index contributed by atoms with van der Waals surface area (Å²) in [6.45, 7) is 1.01. The number of pyridine rings is 1. The number of aromatic hydroxyl groups is 1. The number of benzene rings is 1. The van der Waals surface area contributed by atoms with E-state index in [0.717, 1.165) is 24.8 Å². The zero-order valence-electron chi connectivity index (χ0n) is 22.5. The van der Waals surface area contributed by atoms with Crippen molar-refractivity contribution in [2.45, 2.75) is 63.7 Å². The van der Waals surface area contributed by atoms with Crippen LogP contribution in [0.1, 0.15) is 55.1 Å². The number of aromatic nitrogens is 1. The molecular formula is C29H34N2O9. The SMILES string of the molecule is COc1ccnc(C(=O)NC2COC(=O)[C@H](Cc3ccccc3)C(OC(=O)C3CCCCC3)[C@H](C)OC2=O)c1O. The van der Waals surface area contributed by atoms with Crippen molar-refractivity contribution < 1.29 is 43.2 Å². The van der Waals surface area contributed by atoms with Gasteiger partial charge in [0.25, 0.3) is 5.91 Å². The number of esters is 3. The number of nitrogens with one attached hydrogen (secondary N) is 1. The maximum atomic E-state index is 13.4. The van der Waals surface area contributed by atoms with Gasteiger partial charge >= 0.3 is 17.9 Å². The average Bonchev–Trinajstić information content (AvgIpc) is 3.00. The van der Waals surface area contributed by atoms with E-state index in [0.29, 0.717) is 12.8 Å². The van der Waals surface area contributed by atoms with Gasteiger partial charge in [-0.05, 0) is 31.7 Å². The van der Waals surface area contributed by atoms with Gasteiger partial charge < -0.3 is 29.4 Å². The third kappa shape index (κ3) is 6.88. The van der Waals surface area contributed by atoms with Crippen molar-refractivity contribution in [3.8, 4) is 11.5 Å². The second kappa shape index (κ2) is 13.3. The van der Waals surface area contributed by atoms with E-state index < -0.39 is 60.3 Å². The Labute approximate surface area is 232 Å².